The van der Waals surface area contributed by atoms with Crippen LogP contribution in [0.15, 0.2) is 66.7 Å². The molecule has 8 nitrogen and oxygen atoms in total. The Hall–Kier alpha value is -3.94. The highest BCUT2D eigenvalue weighted by Crippen LogP contribution is 2.27. The summed E-state index contributed by atoms with van der Waals surface area (Å²) < 4.78 is 5.11. The van der Waals surface area contributed by atoms with Crippen LogP contribution in [0.5, 0.6) is 5.75 Å². The second kappa shape index (κ2) is 9.04. The minimum atomic E-state index is -1.53. The number of carboxylic acid groups (broad SMARTS) is 1. The summed E-state index contributed by atoms with van der Waals surface area (Å²) in [5.41, 5.74) is 1.10. The van der Waals surface area contributed by atoms with Crippen LogP contribution in [0.1, 0.15) is 12.0 Å². The molecular formula is C22H19N2O6-. The molecule has 1 unspecified atom stereocenters. The highest BCUT2D eigenvalue weighted by Gasteiger charge is 2.43. The summed E-state index contributed by atoms with van der Waals surface area (Å²) in [5, 5.41) is 10.7. The van der Waals surface area contributed by atoms with E-state index in [1.54, 1.807) is 54.6 Å². The molecule has 0 radical (unpaired) electrons. The van der Waals surface area contributed by atoms with Gasteiger partial charge < -0.3 is 19.5 Å². The van der Waals surface area contributed by atoms with E-state index < -0.39 is 29.7 Å². The van der Waals surface area contributed by atoms with E-state index in [4.69, 9.17) is 4.74 Å². The number of hydrogen-bond acceptors (Lipinski definition) is 6. The van der Waals surface area contributed by atoms with E-state index in [0.717, 1.165) is 11.0 Å². The monoisotopic (exact) mass is 407 g/mol. The number of aliphatic carboxylic acids is 1. The van der Waals surface area contributed by atoms with Crippen LogP contribution in [-0.4, -0.2) is 41.7 Å². The number of carbonyl (C=O) groups is 4. The summed E-state index contributed by atoms with van der Waals surface area (Å²) in [6.45, 7) is 0.00648. The Bertz CT molecular complexity index is 984. The minimum Gasteiger partial charge on any atom is -0.545 e. The Morgan fingerprint density at radius 3 is 2.37 bits per heavy atom. The normalized spacial score (nSPS) is 16.2. The molecule has 1 aliphatic rings. The van der Waals surface area contributed by atoms with Crippen molar-refractivity contribution >= 4 is 29.4 Å². The molecule has 154 valence electrons. The second-order valence-corrected chi connectivity index (χ2v) is 6.59. The molecular weight excluding hydrogens is 388 g/mol. The molecule has 1 aliphatic heterocycles. The fourth-order valence-electron chi connectivity index (χ4n) is 3.21. The fourth-order valence-corrected chi connectivity index (χ4v) is 3.21. The molecule has 0 aromatic heterocycles. The van der Waals surface area contributed by atoms with E-state index in [1.165, 1.54) is 12.0 Å². The van der Waals surface area contributed by atoms with Gasteiger partial charge in [-0.15, -0.1) is 0 Å². The number of nitrogens with zero attached hydrogens (tertiary/aromatic N) is 2. The van der Waals surface area contributed by atoms with Crippen molar-refractivity contribution in [1.82, 2.24) is 4.90 Å². The number of carbonyl (C=O) groups excluding carboxylic acids is 4. The summed E-state index contributed by atoms with van der Waals surface area (Å²) in [5.74, 6) is -2.61. The predicted octanol–water partition coefficient (Wildman–Crippen LogP) is 0.662. The van der Waals surface area contributed by atoms with Crippen molar-refractivity contribution in [2.45, 2.75) is 19.0 Å². The van der Waals surface area contributed by atoms with Gasteiger partial charge in [-0.2, -0.15) is 0 Å². The van der Waals surface area contributed by atoms with Crippen LogP contribution in [0.4, 0.5) is 5.69 Å². The number of anilines is 1. The number of rotatable bonds is 7. The van der Waals surface area contributed by atoms with Crippen molar-refractivity contribution in [1.29, 1.82) is 0 Å². The van der Waals surface area contributed by atoms with Gasteiger partial charge in [0.25, 0.3) is 5.91 Å². The van der Waals surface area contributed by atoms with Gasteiger partial charge in [-0.25, -0.2) is 4.90 Å². The number of benzene rings is 2. The number of methoxy groups -OCH3 is 1. The van der Waals surface area contributed by atoms with E-state index in [-0.39, 0.29) is 13.0 Å². The second-order valence-electron chi connectivity index (χ2n) is 6.59. The van der Waals surface area contributed by atoms with Crippen LogP contribution in [0.25, 0.3) is 0 Å². The number of hydrogen-bond donors (Lipinski definition) is 0. The molecule has 1 atom stereocenters. The third-order valence-corrected chi connectivity index (χ3v) is 4.67. The Labute approximate surface area is 173 Å². The summed E-state index contributed by atoms with van der Waals surface area (Å²) in [6, 6.07) is 14.2. The van der Waals surface area contributed by atoms with Gasteiger partial charge in [0, 0.05) is 12.6 Å². The first-order valence-electron chi connectivity index (χ1n) is 9.15. The Morgan fingerprint density at radius 1 is 1.10 bits per heavy atom. The lowest BCUT2D eigenvalue weighted by Gasteiger charge is -2.27. The van der Waals surface area contributed by atoms with Gasteiger partial charge in [-0.3, -0.25) is 14.4 Å². The number of para-hydroxylation sites is 1. The van der Waals surface area contributed by atoms with Gasteiger partial charge in [0.15, 0.2) is 0 Å². The maximum Gasteiger partial charge on any atom is 0.257 e. The fraction of sp³-hybridized carbons (Fsp3) is 0.182. The van der Waals surface area contributed by atoms with E-state index in [0.29, 0.717) is 23.1 Å². The molecule has 0 aliphatic carbocycles. The first-order valence-corrected chi connectivity index (χ1v) is 9.15. The maximum absolute atomic E-state index is 13.0. The average molecular weight is 407 g/mol. The Kier molecular flexibility index (Phi) is 6.26. The number of amides is 3. The third kappa shape index (κ3) is 4.54. The quantitative estimate of drug-likeness (QED) is 0.493. The molecule has 2 aromatic carbocycles. The van der Waals surface area contributed by atoms with E-state index in [2.05, 4.69) is 0 Å². The molecule has 3 rings (SSSR count). The Morgan fingerprint density at radius 2 is 1.77 bits per heavy atom. The molecule has 30 heavy (non-hydrogen) atoms. The molecule has 0 N–H and O–H groups in total. The predicted molar refractivity (Wildman–Crippen MR) is 105 cm³/mol. The molecule has 3 amide bonds. The van der Waals surface area contributed by atoms with Crippen LogP contribution in [0, 0.1) is 0 Å². The molecule has 1 fully saturated rings. The lowest BCUT2D eigenvalue weighted by atomic mass is 10.1. The topological polar surface area (TPSA) is 107 Å². The zero-order valence-corrected chi connectivity index (χ0v) is 16.2. The van der Waals surface area contributed by atoms with Crippen molar-refractivity contribution in [2.75, 3.05) is 12.0 Å². The van der Waals surface area contributed by atoms with E-state index in [1.807, 2.05) is 0 Å². The molecule has 0 spiro atoms. The van der Waals surface area contributed by atoms with Gasteiger partial charge >= 0.3 is 0 Å². The summed E-state index contributed by atoms with van der Waals surface area (Å²) in [6.07, 6.45) is 1.22. The van der Waals surface area contributed by atoms with Crippen LogP contribution >= 0.6 is 0 Å². The summed E-state index contributed by atoms with van der Waals surface area (Å²) in [4.78, 5) is 51.2. The number of carboxylic acids is 1. The van der Waals surface area contributed by atoms with Crippen molar-refractivity contribution < 1.29 is 29.0 Å². The van der Waals surface area contributed by atoms with Crippen molar-refractivity contribution in [3.63, 3.8) is 0 Å². The zero-order chi connectivity index (χ0) is 21.7. The molecule has 1 heterocycles. The lowest BCUT2D eigenvalue weighted by Crippen LogP contribution is -2.44. The van der Waals surface area contributed by atoms with E-state index in [9.17, 15) is 24.3 Å². The number of ether oxygens (including phenoxy) is 1. The molecule has 2 aromatic rings. The van der Waals surface area contributed by atoms with Crippen LogP contribution < -0.4 is 14.7 Å². The highest BCUT2D eigenvalue weighted by atomic mass is 16.5. The zero-order valence-electron chi connectivity index (χ0n) is 16.2. The largest absolute Gasteiger partial charge is 0.545 e. The first-order chi connectivity index (χ1) is 14.4. The van der Waals surface area contributed by atoms with Crippen molar-refractivity contribution in [3.8, 4) is 5.75 Å². The standard InChI is InChI=1S/C22H20N2O6/c1-30-17-9-7-15(8-10-17)14-23(19(25)11-12-21(27)28)18-13-20(26)24(22(18)29)16-5-3-2-4-6-16/h2-12,18H,13-14H2,1H3,(H,27,28)/p-1. The van der Waals surface area contributed by atoms with E-state index >= 15 is 0 Å². The molecule has 1 saturated heterocycles. The van der Waals surface area contributed by atoms with Crippen LogP contribution in [0.3, 0.4) is 0 Å². The third-order valence-electron chi connectivity index (χ3n) is 4.67. The first kappa shape index (κ1) is 20.8. The molecule has 8 heteroatoms. The van der Waals surface area contributed by atoms with Crippen LogP contribution in [-0.2, 0) is 25.7 Å². The lowest BCUT2D eigenvalue weighted by molar-refractivity contribution is -0.297. The average Bonchev–Trinajstić information content (AvgIpc) is 3.05. The molecule has 0 saturated carbocycles. The van der Waals surface area contributed by atoms with Gasteiger partial charge in [-0.1, -0.05) is 30.3 Å². The van der Waals surface area contributed by atoms with Gasteiger partial charge in [0.2, 0.25) is 11.8 Å². The van der Waals surface area contributed by atoms with Gasteiger partial charge in [0.1, 0.15) is 11.8 Å². The Balaban J connectivity index is 1.90. The van der Waals surface area contributed by atoms with Gasteiger partial charge in [0.05, 0.1) is 25.2 Å². The van der Waals surface area contributed by atoms with Crippen molar-refractivity contribution in [3.05, 3.63) is 72.3 Å². The smallest absolute Gasteiger partial charge is 0.257 e. The van der Waals surface area contributed by atoms with Crippen molar-refractivity contribution in [2.24, 2.45) is 0 Å². The summed E-state index contributed by atoms with van der Waals surface area (Å²) in [7, 11) is 1.52. The minimum absolute atomic E-state index is 0.00648. The highest BCUT2D eigenvalue weighted by molar-refractivity contribution is 6.23. The van der Waals surface area contributed by atoms with Gasteiger partial charge in [-0.05, 0) is 35.9 Å². The SMILES string of the molecule is COc1ccc(CN(C(=O)C=CC(=O)[O-])C2CC(=O)N(c3ccccc3)C2=O)cc1. The maximum atomic E-state index is 13.0. The summed E-state index contributed by atoms with van der Waals surface area (Å²) >= 11 is 0. The molecule has 0 bridgehead atoms. The number of imide groups is 1. The van der Waals surface area contributed by atoms with Crippen LogP contribution in [0.2, 0.25) is 0 Å².